The normalized spacial score (nSPS) is 10.8. The van der Waals surface area contributed by atoms with Crippen molar-refractivity contribution in [1.82, 2.24) is 10.7 Å². The molecule has 0 saturated heterocycles. The van der Waals surface area contributed by atoms with Crippen molar-refractivity contribution >= 4 is 51.1 Å². The highest BCUT2D eigenvalue weighted by atomic mass is 35.5. The molecule has 0 aliphatic rings. The minimum Gasteiger partial charge on any atom is -0.493 e. The third-order valence-corrected chi connectivity index (χ3v) is 5.95. The van der Waals surface area contributed by atoms with E-state index < -0.39 is 11.8 Å². The van der Waals surface area contributed by atoms with Crippen molar-refractivity contribution in [1.29, 1.82) is 0 Å². The predicted octanol–water partition coefficient (Wildman–Crippen LogP) is 3.46. The number of carbonyl (C=O) groups excluding carboxylic acids is 2. The molecule has 3 rings (SSSR count). The Morgan fingerprint density at radius 1 is 1.06 bits per heavy atom. The summed E-state index contributed by atoms with van der Waals surface area (Å²) in [6, 6.07) is 10.8. The van der Waals surface area contributed by atoms with Crippen LogP contribution in [-0.2, 0) is 4.79 Å². The molecule has 0 atom stereocenters. The largest absolute Gasteiger partial charge is 0.493 e. The molecule has 0 saturated carbocycles. The van der Waals surface area contributed by atoms with Crippen LogP contribution in [0, 0.1) is 0 Å². The maximum Gasteiger partial charge on any atom is 0.263 e. The van der Waals surface area contributed by atoms with Gasteiger partial charge in [0.15, 0.2) is 11.5 Å². The van der Waals surface area contributed by atoms with E-state index in [1.54, 1.807) is 12.1 Å². The zero-order chi connectivity index (χ0) is 22.4. The number of hydrogen-bond acceptors (Lipinski definition) is 7. The summed E-state index contributed by atoms with van der Waals surface area (Å²) in [7, 11) is 4.50. The Morgan fingerprint density at radius 3 is 2.48 bits per heavy atom. The summed E-state index contributed by atoms with van der Waals surface area (Å²) in [6.45, 7) is -0.260. The number of fused-ring (bicyclic) bond motifs is 1. The van der Waals surface area contributed by atoms with Crippen LogP contribution in [0.2, 0.25) is 5.02 Å². The van der Waals surface area contributed by atoms with Crippen LogP contribution in [0.15, 0.2) is 41.5 Å². The smallest absolute Gasteiger partial charge is 0.263 e. The number of nitrogens with zero attached hydrogens (tertiary/aromatic N) is 1. The molecular formula is C21H20ClN3O5S. The molecule has 0 radical (unpaired) electrons. The first-order chi connectivity index (χ1) is 15.0. The lowest BCUT2D eigenvalue weighted by atomic mass is 10.2. The summed E-state index contributed by atoms with van der Waals surface area (Å²) >= 11 is 7.56. The molecule has 0 aliphatic heterocycles. The first-order valence-corrected chi connectivity index (χ1v) is 10.3. The van der Waals surface area contributed by atoms with Crippen LogP contribution >= 0.6 is 22.9 Å². The van der Waals surface area contributed by atoms with Crippen molar-refractivity contribution < 1.29 is 23.8 Å². The quantitative estimate of drug-likeness (QED) is 0.395. The van der Waals surface area contributed by atoms with Crippen LogP contribution in [0.25, 0.3) is 10.1 Å². The molecule has 0 spiro atoms. The van der Waals surface area contributed by atoms with Crippen molar-refractivity contribution in [2.24, 2.45) is 5.10 Å². The third-order valence-electron chi connectivity index (χ3n) is 4.28. The topological polar surface area (TPSA) is 98.2 Å². The molecule has 2 N–H and O–H groups in total. The predicted molar refractivity (Wildman–Crippen MR) is 121 cm³/mol. The molecule has 162 valence electrons. The van der Waals surface area contributed by atoms with Gasteiger partial charge < -0.3 is 19.5 Å². The number of hydrazone groups is 1. The fourth-order valence-corrected chi connectivity index (χ4v) is 4.27. The van der Waals surface area contributed by atoms with E-state index in [1.165, 1.54) is 38.9 Å². The average molecular weight is 462 g/mol. The first kappa shape index (κ1) is 22.4. The molecular weight excluding hydrogens is 442 g/mol. The number of rotatable bonds is 8. The fraction of sp³-hybridized carbons (Fsp3) is 0.190. The van der Waals surface area contributed by atoms with Gasteiger partial charge in [0, 0.05) is 15.6 Å². The fourth-order valence-electron chi connectivity index (χ4n) is 2.84. The number of amides is 2. The molecule has 0 bridgehead atoms. The highest BCUT2D eigenvalue weighted by Gasteiger charge is 2.17. The summed E-state index contributed by atoms with van der Waals surface area (Å²) in [5.41, 5.74) is 2.93. The van der Waals surface area contributed by atoms with Crippen molar-refractivity contribution in [2.45, 2.75) is 0 Å². The Hall–Kier alpha value is -3.30. The van der Waals surface area contributed by atoms with E-state index in [-0.39, 0.29) is 6.54 Å². The Bertz CT molecular complexity index is 1150. The van der Waals surface area contributed by atoms with Gasteiger partial charge >= 0.3 is 0 Å². The second kappa shape index (κ2) is 10.1. The molecule has 1 heterocycles. The summed E-state index contributed by atoms with van der Waals surface area (Å²) in [5.74, 6) is 0.400. The molecule has 1 aromatic heterocycles. The molecule has 10 heteroatoms. The zero-order valence-corrected chi connectivity index (χ0v) is 18.6. The molecule has 0 aliphatic carbocycles. The molecule has 2 aromatic carbocycles. The second-order valence-corrected chi connectivity index (χ2v) is 7.57. The monoisotopic (exact) mass is 461 g/mol. The lowest BCUT2D eigenvalue weighted by Crippen LogP contribution is -2.34. The number of benzene rings is 2. The third kappa shape index (κ3) is 4.89. The van der Waals surface area contributed by atoms with Gasteiger partial charge in [0.05, 0.1) is 39.1 Å². The second-order valence-electron chi connectivity index (χ2n) is 6.14. The number of ether oxygens (including phenoxy) is 3. The maximum atomic E-state index is 12.4. The van der Waals surface area contributed by atoms with Crippen LogP contribution in [0.5, 0.6) is 17.2 Å². The summed E-state index contributed by atoms with van der Waals surface area (Å²) in [4.78, 5) is 24.8. The van der Waals surface area contributed by atoms with E-state index in [4.69, 9.17) is 25.8 Å². The van der Waals surface area contributed by atoms with Gasteiger partial charge in [-0.1, -0.05) is 29.8 Å². The lowest BCUT2D eigenvalue weighted by Gasteiger charge is -2.13. The van der Waals surface area contributed by atoms with Crippen LogP contribution in [0.4, 0.5) is 0 Å². The van der Waals surface area contributed by atoms with E-state index in [9.17, 15) is 9.59 Å². The minimum atomic E-state index is -0.499. The Balaban J connectivity index is 1.61. The standard InChI is InChI=1S/C21H20ClN3O5S/c1-28-14-9-8-12(18(29-2)19(14)30-3)10-24-25-16(26)11-23-21(27)20-17(22)13-6-4-5-7-15(13)31-20/h4-10H,11H2,1-3H3,(H,23,27)(H,25,26). The van der Waals surface area contributed by atoms with Crippen molar-refractivity contribution in [3.05, 3.63) is 51.9 Å². The number of halogens is 1. The van der Waals surface area contributed by atoms with E-state index in [0.717, 1.165) is 10.1 Å². The van der Waals surface area contributed by atoms with Gasteiger partial charge in [0.1, 0.15) is 4.88 Å². The van der Waals surface area contributed by atoms with E-state index in [2.05, 4.69) is 15.8 Å². The zero-order valence-electron chi connectivity index (χ0n) is 17.0. The number of methoxy groups -OCH3 is 3. The summed E-state index contributed by atoms with van der Waals surface area (Å²) in [6.07, 6.45) is 1.41. The number of thiophene rings is 1. The van der Waals surface area contributed by atoms with Gasteiger partial charge in [-0.15, -0.1) is 11.3 Å². The summed E-state index contributed by atoms with van der Waals surface area (Å²) < 4.78 is 16.8. The average Bonchev–Trinajstić information content (AvgIpc) is 3.13. The Kier molecular flexibility index (Phi) is 7.32. The van der Waals surface area contributed by atoms with Gasteiger partial charge in [0.2, 0.25) is 5.75 Å². The molecule has 3 aromatic rings. The van der Waals surface area contributed by atoms with Gasteiger partial charge in [-0.2, -0.15) is 5.10 Å². The molecule has 0 fully saturated rings. The molecule has 8 nitrogen and oxygen atoms in total. The first-order valence-electron chi connectivity index (χ1n) is 9.06. The Morgan fingerprint density at radius 2 is 1.81 bits per heavy atom. The van der Waals surface area contributed by atoms with E-state index >= 15 is 0 Å². The van der Waals surface area contributed by atoms with Crippen LogP contribution in [-0.4, -0.2) is 45.9 Å². The van der Waals surface area contributed by atoms with Gasteiger partial charge in [-0.05, 0) is 18.2 Å². The lowest BCUT2D eigenvalue weighted by molar-refractivity contribution is -0.120. The van der Waals surface area contributed by atoms with Gasteiger partial charge in [0.25, 0.3) is 11.8 Å². The highest BCUT2D eigenvalue weighted by Crippen LogP contribution is 2.39. The van der Waals surface area contributed by atoms with Crippen LogP contribution in [0.1, 0.15) is 15.2 Å². The minimum absolute atomic E-state index is 0.260. The van der Waals surface area contributed by atoms with Gasteiger partial charge in [-0.3, -0.25) is 9.59 Å². The number of hydrogen-bond donors (Lipinski definition) is 2. The van der Waals surface area contributed by atoms with Crippen molar-refractivity contribution in [3.8, 4) is 17.2 Å². The van der Waals surface area contributed by atoms with Crippen molar-refractivity contribution in [2.75, 3.05) is 27.9 Å². The summed E-state index contributed by atoms with van der Waals surface area (Å²) in [5, 5.41) is 7.63. The number of carbonyl (C=O) groups is 2. The van der Waals surface area contributed by atoms with Crippen LogP contribution < -0.4 is 25.0 Å². The van der Waals surface area contributed by atoms with Crippen LogP contribution in [0.3, 0.4) is 0 Å². The number of nitrogens with one attached hydrogen (secondary N) is 2. The maximum absolute atomic E-state index is 12.4. The highest BCUT2D eigenvalue weighted by molar-refractivity contribution is 7.21. The SMILES string of the molecule is COc1ccc(C=NNC(=O)CNC(=O)c2sc3ccccc3c2Cl)c(OC)c1OC. The van der Waals surface area contributed by atoms with Crippen molar-refractivity contribution in [3.63, 3.8) is 0 Å². The molecule has 2 amide bonds. The molecule has 31 heavy (non-hydrogen) atoms. The Labute approximate surface area is 187 Å². The van der Waals surface area contributed by atoms with E-state index in [1.807, 2.05) is 24.3 Å². The molecule has 0 unspecified atom stereocenters. The van der Waals surface area contributed by atoms with Gasteiger partial charge in [-0.25, -0.2) is 5.43 Å². The van der Waals surface area contributed by atoms with E-state index in [0.29, 0.717) is 32.7 Å².